The number of piperidine rings is 1. The van der Waals surface area contributed by atoms with Crippen molar-refractivity contribution < 1.29 is 9.53 Å². The summed E-state index contributed by atoms with van der Waals surface area (Å²) in [5.74, 6) is 1.66. The lowest BCUT2D eigenvalue weighted by atomic mass is 9.86. The number of likely N-dealkylation sites (tertiary alicyclic amines) is 1. The number of amides is 1. The number of morpholine rings is 1. The van der Waals surface area contributed by atoms with Crippen LogP contribution in [0, 0.1) is 11.8 Å². The van der Waals surface area contributed by atoms with E-state index >= 15 is 0 Å². The first-order valence-electron chi connectivity index (χ1n) is 12.7. The molecule has 2 heterocycles. The van der Waals surface area contributed by atoms with Gasteiger partial charge in [-0.05, 0) is 68.2 Å². The van der Waals surface area contributed by atoms with Crippen LogP contribution in [0.25, 0.3) is 0 Å². The zero-order valence-corrected chi connectivity index (χ0v) is 20.4. The fourth-order valence-corrected chi connectivity index (χ4v) is 5.55. The summed E-state index contributed by atoms with van der Waals surface area (Å²) < 4.78 is 5.61. The van der Waals surface area contributed by atoms with E-state index in [0.29, 0.717) is 24.3 Å². The normalized spacial score (nSPS) is 25.1. The van der Waals surface area contributed by atoms with Crippen LogP contribution in [0.2, 0.25) is 5.02 Å². The van der Waals surface area contributed by atoms with Gasteiger partial charge in [0.05, 0.1) is 13.2 Å². The van der Waals surface area contributed by atoms with Crippen LogP contribution in [0.4, 0.5) is 0 Å². The van der Waals surface area contributed by atoms with E-state index in [1.807, 2.05) is 12.1 Å². The summed E-state index contributed by atoms with van der Waals surface area (Å²) in [7, 11) is 0. The van der Waals surface area contributed by atoms with Gasteiger partial charge in [-0.25, -0.2) is 0 Å². The molecule has 1 saturated carbocycles. The molecule has 0 aromatic heterocycles. The van der Waals surface area contributed by atoms with E-state index in [-0.39, 0.29) is 0 Å². The molecule has 1 aromatic rings. The summed E-state index contributed by atoms with van der Waals surface area (Å²) in [6.45, 7) is 10.9. The molecule has 0 bridgehead atoms. The Kier molecular flexibility index (Phi) is 8.87. The van der Waals surface area contributed by atoms with Crippen LogP contribution in [0.15, 0.2) is 24.3 Å². The Balaban J connectivity index is 1.37. The Morgan fingerprint density at radius 1 is 1.12 bits per heavy atom. The fourth-order valence-electron chi connectivity index (χ4n) is 5.43. The van der Waals surface area contributed by atoms with E-state index in [1.54, 1.807) is 0 Å². The second-order valence-corrected chi connectivity index (χ2v) is 10.4. The number of carbonyl (C=O) groups excluding carboxylic acids is 1. The first-order valence-corrected chi connectivity index (χ1v) is 13.1. The minimum Gasteiger partial charge on any atom is -0.379 e. The second kappa shape index (κ2) is 11.8. The van der Waals surface area contributed by atoms with Crippen molar-refractivity contribution in [2.75, 3.05) is 52.5 Å². The Labute approximate surface area is 199 Å². The molecule has 4 rings (SSSR count). The van der Waals surface area contributed by atoms with Gasteiger partial charge in [0.1, 0.15) is 0 Å². The van der Waals surface area contributed by atoms with Gasteiger partial charge in [0.15, 0.2) is 0 Å². The number of carbonyl (C=O) groups is 1. The average Bonchev–Trinajstić information content (AvgIpc) is 3.63. The van der Waals surface area contributed by atoms with Crippen LogP contribution < -0.4 is 0 Å². The van der Waals surface area contributed by atoms with Gasteiger partial charge in [0, 0.05) is 56.8 Å². The first kappa shape index (κ1) is 24.0. The number of ether oxygens (including phenoxy) is 1. The lowest BCUT2D eigenvalue weighted by Gasteiger charge is -2.45. The molecule has 6 heteroatoms. The fraction of sp³-hybridized carbons (Fsp3) is 0.731. The van der Waals surface area contributed by atoms with Gasteiger partial charge in [0.2, 0.25) is 5.91 Å². The molecular formula is C26H40ClN3O2. The number of halogens is 1. The maximum Gasteiger partial charge on any atom is 0.222 e. The van der Waals surface area contributed by atoms with Gasteiger partial charge in [-0.3, -0.25) is 14.6 Å². The molecule has 0 unspecified atom stereocenters. The molecule has 3 aliphatic rings. The van der Waals surface area contributed by atoms with Crippen LogP contribution >= 0.6 is 11.6 Å². The maximum atomic E-state index is 13.1. The van der Waals surface area contributed by atoms with E-state index in [0.717, 1.165) is 82.8 Å². The van der Waals surface area contributed by atoms with Crippen LogP contribution in [0.1, 0.15) is 51.0 Å². The second-order valence-electron chi connectivity index (χ2n) is 9.95. The Morgan fingerprint density at radius 2 is 1.88 bits per heavy atom. The van der Waals surface area contributed by atoms with Gasteiger partial charge < -0.3 is 9.64 Å². The van der Waals surface area contributed by atoms with Crippen molar-refractivity contribution in [3.05, 3.63) is 34.9 Å². The topological polar surface area (TPSA) is 36.0 Å². The Morgan fingerprint density at radius 3 is 2.56 bits per heavy atom. The highest BCUT2D eigenvalue weighted by Crippen LogP contribution is 2.31. The van der Waals surface area contributed by atoms with E-state index in [4.69, 9.17) is 16.3 Å². The standard InChI is InChI=1S/C26H40ClN3O2/c1-2-12-30(19-22-3-4-22)26(31)10-7-23-20-28(18-21-5-8-24(27)9-6-21)13-11-25(23)29-14-16-32-17-15-29/h5-6,8-9,22-23,25H,2-4,7,10-20H2,1H3/t23-,25+/m1/s1. The summed E-state index contributed by atoms with van der Waals surface area (Å²) in [5, 5.41) is 0.791. The minimum atomic E-state index is 0.370. The van der Waals surface area contributed by atoms with E-state index < -0.39 is 0 Å². The van der Waals surface area contributed by atoms with Gasteiger partial charge in [-0.1, -0.05) is 30.7 Å². The Bertz CT molecular complexity index is 718. The molecule has 2 atom stereocenters. The van der Waals surface area contributed by atoms with Gasteiger partial charge in [0.25, 0.3) is 0 Å². The van der Waals surface area contributed by atoms with Gasteiger partial charge in [-0.15, -0.1) is 0 Å². The van der Waals surface area contributed by atoms with E-state index in [2.05, 4.69) is 33.8 Å². The summed E-state index contributed by atoms with van der Waals surface area (Å²) in [4.78, 5) is 20.4. The summed E-state index contributed by atoms with van der Waals surface area (Å²) >= 11 is 6.07. The first-order chi connectivity index (χ1) is 15.6. The number of hydrogen-bond acceptors (Lipinski definition) is 4. The largest absolute Gasteiger partial charge is 0.379 e. The molecule has 1 aromatic carbocycles. The molecule has 5 nitrogen and oxygen atoms in total. The maximum absolute atomic E-state index is 13.1. The monoisotopic (exact) mass is 461 g/mol. The van der Waals surface area contributed by atoms with Crippen molar-refractivity contribution >= 4 is 17.5 Å². The molecule has 1 aliphatic carbocycles. The van der Waals surface area contributed by atoms with Crippen molar-refractivity contribution in [3.63, 3.8) is 0 Å². The van der Waals surface area contributed by atoms with Crippen LogP contribution in [-0.4, -0.2) is 79.1 Å². The minimum absolute atomic E-state index is 0.370. The smallest absolute Gasteiger partial charge is 0.222 e. The quantitative estimate of drug-likeness (QED) is 0.520. The van der Waals surface area contributed by atoms with E-state index in [9.17, 15) is 4.79 Å². The zero-order valence-electron chi connectivity index (χ0n) is 19.7. The molecule has 0 spiro atoms. The molecule has 32 heavy (non-hydrogen) atoms. The summed E-state index contributed by atoms with van der Waals surface area (Å²) in [6.07, 6.45) is 6.50. The van der Waals surface area contributed by atoms with Gasteiger partial charge in [-0.2, -0.15) is 0 Å². The van der Waals surface area contributed by atoms with E-state index in [1.165, 1.54) is 24.8 Å². The van der Waals surface area contributed by atoms with Crippen molar-refractivity contribution in [1.82, 2.24) is 14.7 Å². The lowest BCUT2D eigenvalue weighted by Crippen LogP contribution is -2.54. The number of hydrogen-bond donors (Lipinski definition) is 0. The number of rotatable bonds is 10. The SMILES string of the molecule is CCCN(CC1CC1)C(=O)CC[C@@H]1CN(Cc2ccc(Cl)cc2)CC[C@@H]1N1CCOCC1. The highest BCUT2D eigenvalue weighted by Gasteiger charge is 2.35. The predicted molar refractivity (Wildman–Crippen MR) is 130 cm³/mol. The molecule has 3 fully saturated rings. The molecule has 0 radical (unpaired) electrons. The van der Waals surface area contributed by atoms with Crippen molar-refractivity contribution in [1.29, 1.82) is 0 Å². The summed E-state index contributed by atoms with van der Waals surface area (Å²) in [6, 6.07) is 8.80. The number of benzene rings is 1. The molecule has 178 valence electrons. The highest BCUT2D eigenvalue weighted by atomic mass is 35.5. The van der Waals surface area contributed by atoms with Crippen molar-refractivity contribution in [2.24, 2.45) is 11.8 Å². The van der Waals surface area contributed by atoms with Crippen LogP contribution in [-0.2, 0) is 16.1 Å². The third-order valence-electron chi connectivity index (χ3n) is 7.36. The zero-order chi connectivity index (χ0) is 22.3. The summed E-state index contributed by atoms with van der Waals surface area (Å²) in [5.41, 5.74) is 1.31. The Hall–Kier alpha value is -1.14. The molecule has 1 amide bonds. The highest BCUT2D eigenvalue weighted by molar-refractivity contribution is 6.30. The van der Waals surface area contributed by atoms with Gasteiger partial charge >= 0.3 is 0 Å². The molecule has 0 N–H and O–H groups in total. The molecule has 2 saturated heterocycles. The third-order valence-corrected chi connectivity index (χ3v) is 7.61. The molecular weight excluding hydrogens is 422 g/mol. The third kappa shape index (κ3) is 6.93. The molecule has 2 aliphatic heterocycles. The lowest BCUT2D eigenvalue weighted by molar-refractivity contribution is -0.132. The van der Waals surface area contributed by atoms with Crippen molar-refractivity contribution in [2.45, 2.75) is 58.0 Å². The average molecular weight is 462 g/mol. The number of nitrogens with zero attached hydrogens (tertiary/aromatic N) is 3. The van der Waals surface area contributed by atoms with Crippen LogP contribution in [0.3, 0.4) is 0 Å². The van der Waals surface area contributed by atoms with Crippen LogP contribution in [0.5, 0.6) is 0 Å². The predicted octanol–water partition coefficient (Wildman–Crippen LogP) is 4.29. The van der Waals surface area contributed by atoms with Crippen molar-refractivity contribution in [3.8, 4) is 0 Å².